The molecular formula is C38H45FN6O4. The Kier molecular flexibility index (Phi) is 11.2. The van der Waals surface area contributed by atoms with Gasteiger partial charge in [-0.3, -0.25) is 4.79 Å². The molecule has 6 rings (SSSR count). The molecule has 1 saturated carbocycles. The van der Waals surface area contributed by atoms with Crippen molar-refractivity contribution in [2.75, 3.05) is 57.0 Å². The van der Waals surface area contributed by atoms with E-state index in [0.717, 1.165) is 76.0 Å². The number of carbonyl (C=O) groups excluding carboxylic acids is 1. The first kappa shape index (κ1) is 34.1. The van der Waals surface area contributed by atoms with E-state index in [-0.39, 0.29) is 29.2 Å². The minimum atomic E-state index is -0.497. The lowest BCUT2D eigenvalue weighted by Crippen LogP contribution is -2.44. The zero-order chi connectivity index (χ0) is 34.2. The number of nitrogens with one attached hydrogen (secondary N) is 2. The summed E-state index contributed by atoms with van der Waals surface area (Å²) in [6.07, 6.45) is 6.48. The average Bonchev–Trinajstić information content (AvgIpc) is 3.61. The third kappa shape index (κ3) is 8.84. The van der Waals surface area contributed by atoms with Crippen LogP contribution in [0.5, 0.6) is 23.1 Å². The number of benzene rings is 3. The summed E-state index contributed by atoms with van der Waals surface area (Å²) in [5.41, 5.74) is 3.05. The highest BCUT2D eigenvalue weighted by Gasteiger charge is 2.23. The van der Waals surface area contributed by atoms with Crippen LogP contribution in [-0.2, 0) is 0 Å². The lowest BCUT2D eigenvalue weighted by Gasteiger charge is -2.32. The maximum atomic E-state index is 15.1. The molecule has 0 atom stereocenters. The molecular weight excluding hydrogens is 623 g/mol. The molecule has 1 aliphatic carbocycles. The molecule has 49 heavy (non-hydrogen) atoms. The van der Waals surface area contributed by atoms with Crippen LogP contribution in [0.2, 0.25) is 0 Å². The Balaban J connectivity index is 1.24. The molecule has 2 heterocycles. The molecule has 11 heteroatoms. The van der Waals surface area contributed by atoms with Gasteiger partial charge in [-0.2, -0.15) is 4.98 Å². The van der Waals surface area contributed by atoms with E-state index in [1.807, 2.05) is 50.2 Å². The maximum Gasteiger partial charge on any atom is 0.262 e. The Labute approximate surface area is 287 Å². The van der Waals surface area contributed by atoms with Crippen molar-refractivity contribution in [3.8, 4) is 23.1 Å². The third-order valence-corrected chi connectivity index (χ3v) is 9.04. The topological polar surface area (TPSA) is 101 Å². The molecule has 2 aliphatic rings. The molecule has 4 aromatic rings. The fourth-order valence-corrected chi connectivity index (χ4v) is 6.18. The van der Waals surface area contributed by atoms with Crippen LogP contribution >= 0.6 is 0 Å². The van der Waals surface area contributed by atoms with Crippen LogP contribution in [0.3, 0.4) is 0 Å². The van der Waals surface area contributed by atoms with Gasteiger partial charge in [0.1, 0.15) is 5.56 Å². The van der Waals surface area contributed by atoms with Gasteiger partial charge in [0.05, 0.1) is 18.4 Å². The summed E-state index contributed by atoms with van der Waals surface area (Å²) in [6, 6.07) is 17.8. The SMILES string of the molecule is Cc1cccc(C)c1NC(=O)c1cnc(Nc2cccc(F)c2OCCCN2CCN(C)CC2)nc1Oc1ccccc1OC1CCCC1. The Morgan fingerprint density at radius 1 is 0.939 bits per heavy atom. The van der Waals surface area contributed by atoms with Crippen LogP contribution in [0.25, 0.3) is 0 Å². The first-order chi connectivity index (χ1) is 23.8. The van der Waals surface area contributed by atoms with E-state index >= 15 is 4.39 Å². The summed E-state index contributed by atoms with van der Waals surface area (Å²) in [7, 11) is 2.13. The Hall–Kier alpha value is -4.74. The average molecular weight is 669 g/mol. The molecule has 2 N–H and O–H groups in total. The normalized spacial score (nSPS) is 15.6. The van der Waals surface area contributed by atoms with Crippen molar-refractivity contribution in [3.63, 3.8) is 0 Å². The van der Waals surface area contributed by atoms with Crippen LogP contribution in [0, 0.1) is 19.7 Å². The number of halogens is 1. The van der Waals surface area contributed by atoms with Gasteiger partial charge in [-0.15, -0.1) is 0 Å². The highest BCUT2D eigenvalue weighted by atomic mass is 19.1. The second-order valence-corrected chi connectivity index (χ2v) is 12.8. The first-order valence-electron chi connectivity index (χ1n) is 17.1. The van der Waals surface area contributed by atoms with Gasteiger partial charge in [-0.05, 0) is 88.4 Å². The second kappa shape index (κ2) is 16.1. The lowest BCUT2D eigenvalue weighted by atomic mass is 10.1. The van der Waals surface area contributed by atoms with Gasteiger partial charge >= 0.3 is 0 Å². The maximum absolute atomic E-state index is 15.1. The number of rotatable bonds is 13. The number of anilines is 3. The Morgan fingerprint density at radius 2 is 1.65 bits per heavy atom. The summed E-state index contributed by atoms with van der Waals surface area (Å²) < 4.78 is 33.7. The van der Waals surface area contributed by atoms with E-state index < -0.39 is 11.7 Å². The van der Waals surface area contributed by atoms with Gasteiger partial charge in [0, 0.05) is 44.6 Å². The summed E-state index contributed by atoms with van der Waals surface area (Å²) in [5, 5.41) is 6.10. The first-order valence-corrected chi connectivity index (χ1v) is 17.1. The fourth-order valence-electron chi connectivity index (χ4n) is 6.18. The molecule has 1 amide bonds. The highest BCUT2D eigenvalue weighted by molar-refractivity contribution is 6.06. The highest BCUT2D eigenvalue weighted by Crippen LogP contribution is 2.36. The number of para-hydroxylation sites is 4. The molecule has 1 saturated heterocycles. The van der Waals surface area contributed by atoms with Crippen LogP contribution < -0.4 is 24.8 Å². The molecule has 0 spiro atoms. The van der Waals surface area contributed by atoms with Gasteiger partial charge in [0.15, 0.2) is 23.1 Å². The molecule has 258 valence electrons. The number of carbonyl (C=O) groups is 1. The van der Waals surface area contributed by atoms with E-state index in [2.05, 4.69) is 37.4 Å². The number of likely N-dealkylation sites (N-methyl/N-ethyl adjacent to an activating group) is 1. The summed E-state index contributed by atoms with van der Waals surface area (Å²) >= 11 is 0. The zero-order valence-electron chi connectivity index (χ0n) is 28.5. The number of hydrogen-bond donors (Lipinski definition) is 2. The van der Waals surface area contributed by atoms with Crippen molar-refractivity contribution in [2.45, 2.75) is 52.1 Å². The number of ether oxygens (including phenoxy) is 3. The minimum Gasteiger partial charge on any atom is -0.488 e. The largest absolute Gasteiger partial charge is 0.488 e. The lowest BCUT2D eigenvalue weighted by molar-refractivity contribution is 0.102. The molecule has 1 aromatic heterocycles. The van der Waals surface area contributed by atoms with E-state index in [1.165, 1.54) is 12.3 Å². The van der Waals surface area contributed by atoms with Gasteiger partial charge in [-0.25, -0.2) is 9.37 Å². The molecule has 0 bridgehead atoms. The minimum absolute atomic E-state index is 0.0229. The van der Waals surface area contributed by atoms with E-state index in [4.69, 9.17) is 14.2 Å². The number of aromatic nitrogens is 2. The molecule has 10 nitrogen and oxygen atoms in total. The molecule has 0 radical (unpaired) electrons. The Morgan fingerprint density at radius 3 is 2.41 bits per heavy atom. The molecule has 2 fully saturated rings. The van der Waals surface area contributed by atoms with Gasteiger partial charge < -0.3 is 34.6 Å². The quantitative estimate of drug-likeness (QED) is 0.142. The number of nitrogens with zero attached hydrogens (tertiary/aromatic N) is 4. The number of piperazine rings is 1. The van der Waals surface area contributed by atoms with Crippen LogP contribution in [-0.4, -0.2) is 78.2 Å². The van der Waals surface area contributed by atoms with E-state index in [1.54, 1.807) is 18.2 Å². The summed E-state index contributed by atoms with van der Waals surface area (Å²) in [6.45, 7) is 9.22. The standard InChI is InChI=1S/C38H45FN6O4/c1-26-11-8-12-27(2)34(26)42-36(46)29-25-40-38(43-37(29)49-33-18-7-6-17-32(33)48-28-13-4-5-14-28)41-31-16-9-15-30(39)35(31)47-24-10-19-45-22-20-44(3)21-23-45/h6-9,11-12,15-18,25,28H,4-5,10,13-14,19-24H2,1-3H3,(H,42,46)(H,40,41,43). The number of aryl methyl sites for hydroxylation is 2. The number of amides is 1. The predicted octanol–water partition coefficient (Wildman–Crippen LogP) is 7.36. The number of hydrogen-bond acceptors (Lipinski definition) is 9. The summed E-state index contributed by atoms with van der Waals surface area (Å²) in [5.74, 6) is 0.290. The third-order valence-electron chi connectivity index (χ3n) is 9.04. The van der Waals surface area contributed by atoms with Gasteiger partial charge in [0.2, 0.25) is 11.8 Å². The van der Waals surface area contributed by atoms with Crippen molar-refractivity contribution in [1.82, 2.24) is 19.8 Å². The van der Waals surface area contributed by atoms with Crippen LogP contribution in [0.1, 0.15) is 53.6 Å². The van der Waals surface area contributed by atoms with Crippen molar-refractivity contribution in [2.24, 2.45) is 0 Å². The van der Waals surface area contributed by atoms with Crippen molar-refractivity contribution in [3.05, 3.63) is 89.4 Å². The van der Waals surface area contributed by atoms with Gasteiger partial charge in [0.25, 0.3) is 5.91 Å². The van der Waals surface area contributed by atoms with Crippen LogP contribution in [0.15, 0.2) is 66.9 Å². The summed E-state index contributed by atoms with van der Waals surface area (Å²) in [4.78, 5) is 27.5. The predicted molar refractivity (Wildman–Crippen MR) is 189 cm³/mol. The smallest absolute Gasteiger partial charge is 0.262 e. The van der Waals surface area contributed by atoms with Gasteiger partial charge in [-0.1, -0.05) is 36.4 Å². The van der Waals surface area contributed by atoms with Crippen molar-refractivity contribution >= 4 is 23.2 Å². The van der Waals surface area contributed by atoms with Crippen molar-refractivity contribution < 1.29 is 23.4 Å². The zero-order valence-corrected chi connectivity index (χ0v) is 28.5. The van der Waals surface area contributed by atoms with Crippen LogP contribution in [0.4, 0.5) is 21.7 Å². The van der Waals surface area contributed by atoms with E-state index in [0.29, 0.717) is 29.5 Å². The van der Waals surface area contributed by atoms with Crippen molar-refractivity contribution in [1.29, 1.82) is 0 Å². The molecule has 1 aliphatic heterocycles. The molecule has 0 unspecified atom stereocenters. The van der Waals surface area contributed by atoms with E-state index in [9.17, 15) is 4.79 Å². The molecule has 3 aromatic carbocycles. The Bertz CT molecular complexity index is 1720. The monoisotopic (exact) mass is 668 g/mol. The fraction of sp³-hybridized carbons (Fsp3) is 0.395. The second-order valence-electron chi connectivity index (χ2n) is 12.8.